The maximum Gasteiger partial charge on any atom is 0.184 e. The SMILES string of the molecule is CC(C)(O)C1CN(c2nccc(Sc3cnc(N4CCC5(CC4)Cc4sc(Cl)nc4[C@H]5N)cn3)c2Cl)C1. The van der Waals surface area contributed by atoms with Gasteiger partial charge in [0, 0.05) is 48.1 Å². The fraction of sp³-hybridized carbons (Fsp3) is 0.520. The number of halogens is 2. The Morgan fingerprint density at radius 1 is 1.14 bits per heavy atom. The Labute approximate surface area is 234 Å². The van der Waals surface area contributed by atoms with Gasteiger partial charge in [-0.25, -0.2) is 19.9 Å². The summed E-state index contributed by atoms with van der Waals surface area (Å²) in [5.41, 5.74) is 6.99. The van der Waals surface area contributed by atoms with Crippen LogP contribution in [0, 0.1) is 11.3 Å². The van der Waals surface area contributed by atoms with E-state index in [0.717, 1.165) is 72.7 Å². The van der Waals surface area contributed by atoms with Gasteiger partial charge in [0.1, 0.15) is 16.7 Å². The van der Waals surface area contributed by atoms with Crippen molar-refractivity contribution in [1.29, 1.82) is 0 Å². The van der Waals surface area contributed by atoms with E-state index in [1.807, 2.05) is 26.1 Å². The average molecular weight is 579 g/mol. The van der Waals surface area contributed by atoms with Gasteiger partial charge in [0.2, 0.25) is 0 Å². The Kier molecular flexibility index (Phi) is 6.57. The van der Waals surface area contributed by atoms with E-state index in [1.54, 1.807) is 23.7 Å². The normalized spacial score (nSPS) is 21.4. The molecule has 196 valence electrons. The van der Waals surface area contributed by atoms with Crippen LogP contribution in [0.15, 0.2) is 34.6 Å². The maximum absolute atomic E-state index is 10.2. The van der Waals surface area contributed by atoms with Crippen LogP contribution in [-0.2, 0) is 6.42 Å². The van der Waals surface area contributed by atoms with Gasteiger partial charge >= 0.3 is 0 Å². The molecule has 0 saturated carbocycles. The van der Waals surface area contributed by atoms with Crippen LogP contribution in [0.4, 0.5) is 11.6 Å². The highest BCUT2D eigenvalue weighted by Crippen LogP contribution is 2.52. The molecule has 12 heteroatoms. The predicted octanol–water partition coefficient (Wildman–Crippen LogP) is 4.84. The molecule has 0 bridgehead atoms. The molecule has 2 aliphatic heterocycles. The van der Waals surface area contributed by atoms with Crippen LogP contribution < -0.4 is 15.5 Å². The Morgan fingerprint density at radius 2 is 1.89 bits per heavy atom. The van der Waals surface area contributed by atoms with Crippen molar-refractivity contribution in [2.75, 3.05) is 36.0 Å². The third-order valence-electron chi connectivity index (χ3n) is 8.10. The van der Waals surface area contributed by atoms with Crippen LogP contribution in [0.25, 0.3) is 0 Å². The Morgan fingerprint density at radius 3 is 2.54 bits per heavy atom. The smallest absolute Gasteiger partial charge is 0.184 e. The van der Waals surface area contributed by atoms with E-state index in [2.05, 4.69) is 24.8 Å². The molecule has 1 atom stereocenters. The van der Waals surface area contributed by atoms with Crippen molar-refractivity contribution in [1.82, 2.24) is 19.9 Å². The molecule has 8 nitrogen and oxygen atoms in total. The van der Waals surface area contributed by atoms with Crippen LogP contribution >= 0.6 is 46.3 Å². The summed E-state index contributed by atoms with van der Waals surface area (Å²) >= 11 is 15.9. The lowest BCUT2D eigenvalue weighted by molar-refractivity contribution is 0.00438. The molecule has 3 N–H and O–H groups in total. The summed E-state index contributed by atoms with van der Waals surface area (Å²) in [6.07, 6.45) is 8.36. The fourth-order valence-corrected chi connectivity index (χ4v) is 7.99. The number of nitrogens with two attached hydrogens (primary N) is 1. The van der Waals surface area contributed by atoms with Gasteiger partial charge in [0.05, 0.1) is 34.8 Å². The van der Waals surface area contributed by atoms with Crippen LogP contribution in [0.2, 0.25) is 9.49 Å². The molecule has 37 heavy (non-hydrogen) atoms. The van der Waals surface area contributed by atoms with Crippen molar-refractivity contribution in [3.8, 4) is 0 Å². The molecule has 2 saturated heterocycles. The third-order valence-corrected chi connectivity index (χ3v) is 10.7. The molecule has 0 aromatic carbocycles. The summed E-state index contributed by atoms with van der Waals surface area (Å²) in [4.78, 5) is 24.9. The first-order valence-electron chi connectivity index (χ1n) is 12.4. The molecule has 5 heterocycles. The van der Waals surface area contributed by atoms with E-state index in [4.69, 9.17) is 33.9 Å². The summed E-state index contributed by atoms with van der Waals surface area (Å²) in [7, 11) is 0. The number of aromatic nitrogens is 4. The predicted molar refractivity (Wildman–Crippen MR) is 149 cm³/mol. The zero-order valence-electron chi connectivity index (χ0n) is 20.7. The standard InChI is InChI=1S/C25H29Cl2N7OS2/c1-24(2,35)14-12-34(13-14)22-19(26)15(3-6-29-22)36-18-11-30-17(10-31-18)33-7-4-25(5-8-33)9-16-20(21(25)28)32-23(27)37-16/h3,6,10-11,14,21,35H,4-5,7-9,12-13,28H2,1-2H3/t21-/m1/s1. The lowest BCUT2D eigenvalue weighted by Crippen LogP contribution is -2.56. The van der Waals surface area contributed by atoms with E-state index >= 15 is 0 Å². The van der Waals surface area contributed by atoms with Crippen molar-refractivity contribution >= 4 is 57.9 Å². The Bertz CT molecular complexity index is 1300. The number of thiazole rings is 1. The van der Waals surface area contributed by atoms with Crippen molar-refractivity contribution < 1.29 is 5.11 Å². The van der Waals surface area contributed by atoms with E-state index in [0.29, 0.717) is 9.49 Å². The Balaban J connectivity index is 1.08. The largest absolute Gasteiger partial charge is 0.390 e. The highest BCUT2D eigenvalue weighted by molar-refractivity contribution is 7.99. The second kappa shape index (κ2) is 9.50. The molecule has 6 rings (SSSR count). The van der Waals surface area contributed by atoms with E-state index < -0.39 is 5.60 Å². The van der Waals surface area contributed by atoms with Gasteiger partial charge in [0.25, 0.3) is 0 Å². The minimum absolute atomic E-state index is 0.0504. The first-order valence-corrected chi connectivity index (χ1v) is 14.8. The highest BCUT2D eigenvalue weighted by atomic mass is 35.5. The van der Waals surface area contributed by atoms with Crippen LogP contribution in [0.1, 0.15) is 43.3 Å². The van der Waals surface area contributed by atoms with Crippen LogP contribution in [-0.4, -0.2) is 56.8 Å². The average Bonchev–Trinajstić information content (AvgIpc) is 3.30. The zero-order chi connectivity index (χ0) is 25.9. The van der Waals surface area contributed by atoms with E-state index in [-0.39, 0.29) is 17.4 Å². The molecular formula is C25H29Cl2N7OS2. The molecule has 2 fully saturated rings. The van der Waals surface area contributed by atoms with E-state index in [9.17, 15) is 5.11 Å². The van der Waals surface area contributed by atoms with Crippen molar-refractivity contribution in [2.45, 2.75) is 54.7 Å². The number of piperidine rings is 1. The number of aliphatic hydroxyl groups is 1. The van der Waals surface area contributed by atoms with Gasteiger partial charge < -0.3 is 20.6 Å². The summed E-state index contributed by atoms with van der Waals surface area (Å²) in [6.45, 7) is 6.94. The fourth-order valence-electron chi connectivity index (χ4n) is 5.54. The van der Waals surface area contributed by atoms with Gasteiger partial charge in [-0.3, -0.25) is 0 Å². The topological polar surface area (TPSA) is 104 Å². The molecule has 1 spiro atoms. The minimum Gasteiger partial charge on any atom is -0.390 e. The van der Waals surface area contributed by atoms with Crippen molar-refractivity contribution in [2.24, 2.45) is 17.1 Å². The van der Waals surface area contributed by atoms with Crippen molar-refractivity contribution in [3.05, 3.63) is 44.7 Å². The molecule has 3 aromatic heterocycles. The van der Waals surface area contributed by atoms with Gasteiger partial charge in [0.15, 0.2) is 4.47 Å². The number of anilines is 2. The lowest BCUT2D eigenvalue weighted by Gasteiger charge is -2.46. The number of fused-ring (bicyclic) bond motifs is 1. The minimum atomic E-state index is -0.705. The number of rotatable bonds is 5. The molecular weight excluding hydrogens is 549 g/mol. The lowest BCUT2D eigenvalue weighted by atomic mass is 9.73. The third kappa shape index (κ3) is 4.70. The summed E-state index contributed by atoms with van der Waals surface area (Å²) in [5, 5.41) is 11.6. The molecule has 0 amide bonds. The number of hydrogen-bond donors (Lipinski definition) is 2. The second-order valence-electron chi connectivity index (χ2n) is 10.8. The van der Waals surface area contributed by atoms with E-state index in [1.165, 1.54) is 16.6 Å². The number of pyridine rings is 1. The number of nitrogens with zero attached hydrogens (tertiary/aromatic N) is 6. The molecule has 3 aromatic rings. The van der Waals surface area contributed by atoms with Gasteiger partial charge in [-0.15, -0.1) is 11.3 Å². The second-order valence-corrected chi connectivity index (χ2v) is 13.9. The van der Waals surface area contributed by atoms with Crippen LogP contribution in [0.5, 0.6) is 0 Å². The first kappa shape index (κ1) is 25.6. The van der Waals surface area contributed by atoms with Gasteiger partial charge in [-0.1, -0.05) is 35.0 Å². The van der Waals surface area contributed by atoms with Crippen LogP contribution in [0.3, 0.4) is 0 Å². The molecule has 3 aliphatic rings. The first-order chi connectivity index (χ1) is 17.6. The molecule has 0 unspecified atom stereocenters. The summed E-state index contributed by atoms with van der Waals surface area (Å²) < 4.78 is 0.588. The molecule has 1 aliphatic carbocycles. The monoisotopic (exact) mass is 577 g/mol. The van der Waals surface area contributed by atoms with Gasteiger partial charge in [-0.05, 0) is 44.6 Å². The summed E-state index contributed by atoms with van der Waals surface area (Å²) in [5.74, 6) is 1.83. The maximum atomic E-state index is 10.2. The molecule has 0 radical (unpaired) electrons. The van der Waals surface area contributed by atoms with Crippen molar-refractivity contribution in [3.63, 3.8) is 0 Å². The van der Waals surface area contributed by atoms with Gasteiger partial charge in [-0.2, -0.15) is 0 Å². The zero-order valence-corrected chi connectivity index (χ0v) is 23.8. The number of hydrogen-bond acceptors (Lipinski definition) is 10. The quantitative estimate of drug-likeness (QED) is 0.440. The highest BCUT2D eigenvalue weighted by Gasteiger charge is 2.48. The Hall–Kier alpha value is -1.69. The summed E-state index contributed by atoms with van der Waals surface area (Å²) in [6, 6.07) is 1.85.